The molecular formula is C43H29NS. The molecule has 1 aliphatic carbocycles. The monoisotopic (exact) mass is 591 g/mol. The number of thiophene rings is 1. The maximum atomic E-state index is 2.53. The zero-order chi connectivity index (χ0) is 29.5. The van der Waals surface area contributed by atoms with Crippen LogP contribution in [-0.2, 0) is 12.8 Å². The quantitative estimate of drug-likeness (QED) is 0.193. The molecule has 0 amide bonds. The van der Waals surface area contributed by atoms with Gasteiger partial charge in [-0.1, -0.05) is 115 Å². The van der Waals surface area contributed by atoms with E-state index in [4.69, 9.17) is 0 Å². The maximum Gasteiger partial charge on any atom is 0.0634 e. The molecule has 0 aliphatic heterocycles. The number of para-hydroxylation sites is 1. The normalized spacial score (nSPS) is 14.4. The van der Waals surface area contributed by atoms with Crippen LogP contribution in [0.15, 0.2) is 146 Å². The lowest BCUT2D eigenvalue weighted by atomic mass is 9.75. The van der Waals surface area contributed by atoms with E-state index in [-0.39, 0.29) is 0 Å². The molecule has 0 spiro atoms. The lowest BCUT2D eigenvalue weighted by Crippen LogP contribution is -2.14. The van der Waals surface area contributed by atoms with Gasteiger partial charge < -0.3 is 4.57 Å². The summed E-state index contributed by atoms with van der Waals surface area (Å²) in [5, 5.41) is 8.03. The highest BCUT2D eigenvalue weighted by atomic mass is 32.1. The van der Waals surface area contributed by atoms with E-state index in [2.05, 4.69) is 150 Å². The van der Waals surface area contributed by atoms with E-state index in [9.17, 15) is 0 Å². The van der Waals surface area contributed by atoms with Gasteiger partial charge in [-0.2, -0.15) is 0 Å². The van der Waals surface area contributed by atoms with Crippen molar-refractivity contribution >= 4 is 64.1 Å². The zero-order valence-electron chi connectivity index (χ0n) is 24.7. The molecule has 0 N–H and O–H groups in total. The summed E-state index contributed by atoms with van der Waals surface area (Å²) in [6.45, 7) is 0. The topological polar surface area (TPSA) is 4.93 Å². The Morgan fingerprint density at radius 2 is 1.40 bits per heavy atom. The summed E-state index contributed by atoms with van der Waals surface area (Å²) in [6, 6.07) is 54.3. The SMILES string of the molecule is c1ccc(-n2c3ccc4c(c3c3ccc5sc6ccccc6c5c32)-c2ccccc2CC4Cc2ccc3ccccc3c2)cc1. The van der Waals surface area contributed by atoms with Crippen molar-refractivity contribution in [3.8, 4) is 16.8 Å². The summed E-state index contributed by atoms with van der Waals surface area (Å²) in [5.41, 5.74) is 10.9. The molecule has 212 valence electrons. The minimum atomic E-state index is 0.404. The molecule has 2 heterocycles. The Morgan fingerprint density at radius 1 is 0.600 bits per heavy atom. The molecule has 1 atom stereocenters. The van der Waals surface area contributed by atoms with E-state index in [0.29, 0.717) is 5.92 Å². The van der Waals surface area contributed by atoms with Gasteiger partial charge in [0.2, 0.25) is 0 Å². The summed E-state index contributed by atoms with van der Waals surface area (Å²) in [6.07, 6.45) is 2.08. The molecule has 0 saturated heterocycles. The number of fused-ring (bicyclic) bond motifs is 12. The predicted octanol–water partition coefficient (Wildman–Crippen LogP) is 11.9. The Bertz CT molecular complexity index is 2600. The third-order valence-electron chi connectivity index (χ3n) is 9.97. The van der Waals surface area contributed by atoms with Crippen LogP contribution in [0.3, 0.4) is 0 Å². The Hall–Kier alpha value is -5.18. The molecule has 1 unspecified atom stereocenters. The Balaban J connectivity index is 1.30. The summed E-state index contributed by atoms with van der Waals surface area (Å²) in [7, 11) is 0. The average Bonchev–Trinajstić information content (AvgIpc) is 3.64. The standard InChI is InChI=1S/C43H29NS/c1-2-13-32(14-3-1)44-37-22-20-34-31(25-27-18-19-28-10-4-5-11-29(28)24-27)26-30-12-6-7-15-33(30)40(34)41(37)36-21-23-39-42(43(36)44)35-16-8-9-17-38(35)45-39/h1-24,31H,25-26H2. The van der Waals surface area contributed by atoms with E-state index in [1.807, 2.05) is 11.3 Å². The molecule has 7 aromatic carbocycles. The van der Waals surface area contributed by atoms with Crippen LogP contribution in [0.25, 0.3) is 69.6 Å². The van der Waals surface area contributed by atoms with Crippen LogP contribution in [0.1, 0.15) is 22.6 Å². The highest BCUT2D eigenvalue weighted by Gasteiger charge is 2.29. The zero-order valence-corrected chi connectivity index (χ0v) is 25.5. The highest BCUT2D eigenvalue weighted by molar-refractivity contribution is 7.26. The van der Waals surface area contributed by atoms with E-state index < -0.39 is 0 Å². The second kappa shape index (κ2) is 9.66. The van der Waals surface area contributed by atoms with E-state index in [1.165, 1.54) is 86.3 Å². The third kappa shape index (κ3) is 3.73. The van der Waals surface area contributed by atoms with E-state index in [0.717, 1.165) is 12.8 Å². The van der Waals surface area contributed by atoms with Crippen LogP contribution < -0.4 is 0 Å². The van der Waals surface area contributed by atoms with Crippen LogP contribution in [-0.4, -0.2) is 4.57 Å². The molecular weight excluding hydrogens is 563 g/mol. The minimum absolute atomic E-state index is 0.404. The first-order valence-corrected chi connectivity index (χ1v) is 16.7. The smallest absolute Gasteiger partial charge is 0.0634 e. The molecule has 2 heteroatoms. The fourth-order valence-corrected chi connectivity index (χ4v) is 9.15. The van der Waals surface area contributed by atoms with Crippen LogP contribution in [0, 0.1) is 0 Å². The number of hydrogen-bond acceptors (Lipinski definition) is 1. The van der Waals surface area contributed by atoms with E-state index >= 15 is 0 Å². The number of rotatable bonds is 3. The first kappa shape index (κ1) is 25.2. The van der Waals surface area contributed by atoms with Gasteiger partial charge in [0.25, 0.3) is 0 Å². The van der Waals surface area contributed by atoms with Crippen molar-refractivity contribution in [1.82, 2.24) is 4.57 Å². The van der Waals surface area contributed by atoms with Crippen molar-refractivity contribution in [3.63, 3.8) is 0 Å². The second-order valence-corrected chi connectivity index (χ2v) is 13.6. The van der Waals surface area contributed by atoms with Crippen LogP contribution >= 0.6 is 11.3 Å². The highest BCUT2D eigenvalue weighted by Crippen LogP contribution is 2.50. The van der Waals surface area contributed by atoms with Gasteiger partial charge in [-0.05, 0) is 87.7 Å². The molecule has 0 saturated carbocycles. The number of hydrogen-bond donors (Lipinski definition) is 0. The molecule has 9 aromatic rings. The average molecular weight is 592 g/mol. The minimum Gasteiger partial charge on any atom is -0.309 e. The van der Waals surface area contributed by atoms with Gasteiger partial charge in [0, 0.05) is 36.6 Å². The Labute approximate surface area is 265 Å². The largest absolute Gasteiger partial charge is 0.309 e. The number of aromatic nitrogens is 1. The van der Waals surface area contributed by atoms with E-state index in [1.54, 1.807) is 0 Å². The fraction of sp³-hybridized carbons (Fsp3) is 0.0698. The lowest BCUT2D eigenvalue weighted by Gasteiger charge is -2.29. The Kier molecular flexibility index (Phi) is 5.40. The predicted molar refractivity (Wildman–Crippen MR) is 193 cm³/mol. The van der Waals surface area contributed by atoms with Gasteiger partial charge in [0.15, 0.2) is 0 Å². The Morgan fingerprint density at radius 3 is 2.33 bits per heavy atom. The summed E-state index contributed by atoms with van der Waals surface area (Å²) in [4.78, 5) is 0. The van der Waals surface area contributed by atoms with Crippen molar-refractivity contribution < 1.29 is 0 Å². The molecule has 2 aromatic heterocycles. The molecule has 0 radical (unpaired) electrons. The van der Waals surface area contributed by atoms with Crippen molar-refractivity contribution in [1.29, 1.82) is 0 Å². The molecule has 0 fully saturated rings. The van der Waals surface area contributed by atoms with Gasteiger partial charge in [0.05, 0.1) is 11.0 Å². The summed E-state index contributed by atoms with van der Waals surface area (Å²) >= 11 is 1.90. The van der Waals surface area contributed by atoms with Crippen LogP contribution in [0.5, 0.6) is 0 Å². The van der Waals surface area contributed by atoms with Gasteiger partial charge in [-0.25, -0.2) is 0 Å². The first-order chi connectivity index (χ1) is 22.3. The second-order valence-electron chi connectivity index (χ2n) is 12.5. The van der Waals surface area contributed by atoms with Gasteiger partial charge >= 0.3 is 0 Å². The summed E-state index contributed by atoms with van der Waals surface area (Å²) in [5.74, 6) is 0.404. The van der Waals surface area contributed by atoms with Gasteiger partial charge in [-0.15, -0.1) is 11.3 Å². The van der Waals surface area contributed by atoms with Crippen molar-refractivity contribution in [3.05, 3.63) is 162 Å². The molecule has 10 rings (SSSR count). The maximum absolute atomic E-state index is 2.53. The third-order valence-corrected chi connectivity index (χ3v) is 11.1. The molecule has 45 heavy (non-hydrogen) atoms. The number of nitrogens with zero attached hydrogens (tertiary/aromatic N) is 1. The van der Waals surface area contributed by atoms with Crippen LogP contribution in [0.4, 0.5) is 0 Å². The van der Waals surface area contributed by atoms with Gasteiger partial charge in [-0.3, -0.25) is 0 Å². The molecule has 0 bridgehead atoms. The lowest BCUT2D eigenvalue weighted by molar-refractivity contribution is 0.674. The molecule has 1 nitrogen and oxygen atoms in total. The van der Waals surface area contributed by atoms with Crippen molar-refractivity contribution in [2.45, 2.75) is 18.8 Å². The van der Waals surface area contributed by atoms with Crippen molar-refractivity contribution in [2.75, 3.05) is 0 Å². The fourth-order valence-electron chi connectivity index (χ4n) is 8.05. The van der Waals surface area contributed by atoms with Crippen LogP contribution in [0.2, 0.25) is 0 Å². The van der Waals surface area contributed by atoms with Gasteiger partial charge in [0.1, 0.15) is 0 Å². The number of benzene rings is 7. The summed E-state index contributed by atoms with van der Waals surface area (Å²) < 4.78 is 5.21. The van der Waals surface area contributed by atoms with Crippen molar-refractivity contribution in [2.24, 2.45) is 0 Å². The first-order valence-electron chi connectivity index (χ1n) is 15.8. The molecule has 1 aliphatic rings.